The maximum absolute atomic E-state index is 6.23. The molecule has 112 valence electrons. The monoisotopic (exact) mass is 275 g/mol. The number of likely N-dealkylation sites (N-methyl/N-ethyl adjacent to an activating group) is 1. The number of benzene rings is 1. The predicted molar refractivity (Wildman–Crippen MR) is 87.2 cm³/mol. The first-order valence-electron chi connectivity index (χ1n) is 7.86. The van der Waals surface area contributed by atoms with Gasteiger partial charge in [0.15, 0.2) is 0 Å². The second-order valence-electron chi connectivity index (χ2n) is 6.24. The van der Waals surface area contributed by atoms with E-state index in [0.29, 0.717) is 6.04 Å². The highest BCUT2D eigenvalue weighted by Gasteiger charge is 2.44. The third-order valence-electron chi connectivity index (χ3n) is 4.73. The minimum Gasteiger partial charge on any atom is -0.363 e. The average Bonchev–Trinajstić information content (AvgIpc) is 2.77. The van der Waals surface area contributed by atoms with Crippen molar-refractivity contribution in [3.63, 3.8) is 0 Å². The summed E-state index contributed by atoms with van der Waals surface area (Å²) >= 11 is 0. The Kier molecular flexibility index (Phi) is 5.06. The van der Waals surface area contributed by atoms with Crippen LogP contribution >= 0.6 is 0 Å². The first-order valence-corrected chi connectivity index (χ1v) is 7.86. The van der Waals surface area contributed by atoms with Gasteiger partial charge in [0.1, 0.15) is 0 Å². The standard InChI is InChI=1S/C17H29N3/c1-4-5-11-20(16-9-7-6-8-10-16)17(13-18)12-15(2)19(3)14-17/h6-10,15H,4-5,11-14,18H2,1-3H3. The van der Waals surface area contributed by atoms with Gasteiger partial charge in [-0.2, -0.15) is 0 Å². The Morgan fingerprint density at radius 3 is 2.55 bits per heavy atom. The molecule has 0 aromatic heterocycles. The number of unbranched alkanes of at least 4 members (excludes halogenated alkanes) is 1. The normalized spacial score (nSPS) is 26.9. The van der Waals surface area contributed by atoms with Crippen LogP contribution in [0.3, 0.4) is 0 Å². The molecule has 2 atom stereocenters. The molecule has 1 heterocycles. The van der Waals surface area contributed by atoms with Gasteiger partial charge in [-0.15, -0.1) is 0 Å². The van der Waals surface area contributed by atoms with Crippen molar-refractivity contribution in [1.29, 1.82) is 0 Å². The minimum atomic E-state index is 0.0880. The van der Waals surface area contributed by atoms with Crippen molar-refractivity contribution in [2.75, 3.05) is 31.6 Å². The molecule has 1 aliphatic rings. The molecule has 1 aliphatic heterocycles. The molecule has 3 nitrogen and oxygen atoms in total. The summed E-state index contributed by atoms with van der Waals surface area (Å²) in [6.07, 6.45) is 3.59. The van der Waals surface area contributed by atoms with Crippen LogP contribution in [-0.4, -0.2) is 43.2 Å². The molecule has 20 heavy (non-hydrogen) atoms. The summed E-state index contributed by atoms with van der Waals surface area (Å²) in [6.45, 7) is 7.43. The van der Waals surface area contributed by atoms with Crippen molar-refractivity contribution in [1.82, 2.24) is 4.90 Å². The van der Waals surface area contributed by atoms with E-state index in [4.69, 9.17) is 5.73 Å². The number of anilines is 1. The quantitative estimate of drug-likeness (QED) is 0.866. The molecule has 2 unspecified atom stereocenters. The van der Waals surface area contributed by atoms with Crippen LogP contribution in [0, 0.1) is 0 Å². The maximum atomic E-state index is 6.23. The fourth-order valence-corrected chi connectivity index (χ4v) is 3.41. The van der Waals surface area contributed by atoms with Crippen LogP contribution in [0.1, 0.15) is 33.1 Å². The number of hydrogen-bond acceptors (Lipinski definition) is 3. The number of nitrogens with two attached hydrogens (primary N) is 1. The summed E-state index contributed by atoms with van der Waals surface area (Å²) in [5.74, 6) is 0. The SMILES string of the molecule is CCCCN(c1ccccc1)C1(CN)CC(C)N(C)C1. The van der Waals surface area contributed by atoms with Gasteiger partial charge >= 0.3 is 0 Å². The Labute approximate surface area is 123 Å². The van der Waals surface area contributed by atoms with Crippen LogP contribution in [0.15, 0.2) is 30.3 Å². The van der Waals surface area contributed by atoms with E-state index in [1.165, 1.54) is 18.5 Å². The van der Waals surface area contributed by atoms with E-state index in [0.717, 1.165) is 26.1 Å². The third kappa shape index (κ3) is 2.99. The lowest BCUT2D eigenvalue weighted by Gasteiger charge is -2.42. The van der Waals surface area contributed by atoms with Gasteiger partial charge < -0.3 is 15.5 Å². The van der Waals surface area contributed by atoms with Crippen LogP contribution in [0.25, 0.3) is 0 Å². The largest absolute Gasteiger partial charge is 0.363 e. The zero-order valence-corrected chi connectivity index (χ0v) is 13.2. The zero-order valence-electron chi connectivity index (χ0n) is 13.2. The van der Waals surface area contributed by atoms with Gasteiger partial charge in [-0.05, 0) is 38.9 Å². The van der Waals surface area contributed by atoms with Gasteiger partial charge in [0.2, 0.25) is 0 Å². The van der Waals surface area contributed by atoms with E-state index >= 15 is 0 Å². The highest BCUT2D eigenvalue weighted by atomic mass is 15.3. The lowest BCUT2D eigenvalue weighted by Crippen LogP contribution is -2.56. The van der Waals surface area contributed by atoms with Crippen LogP contribution in [0.4, 0.5) is 5.69 Å². The average molecular weight is 275 g/mol. The van der Waals surface area contributed by atoms with Gasteiger partial charge in [0, 0.05) is 31.4 Å². The van der Waals surface area contributed by atoms with Crippen LogP contribution in [0.2, 0.25) is 0 Å². The number of rotatable bonds is 6. The van der Waals surface area contributed by atoms with E-state index in [1.807, 2.05) is 0 Å². The van der Waals surface area contributed by atoms with Crippen molar-refractivity contribution in [2.45, 2.75) is 44.7 Å². The van der Waals surface area contributed by atoms with Gasteiger partial charge in [0.25, 0.3) is 0 Å². The molecular formula is C17H29N3. The van der Waals surface area contributed by atoms with Gasteiger partial charge in [-0.3, -0.25) is 0 Å². The molecule has 1 saturated heterocycles. The Balaban J connectivity index is 2.29. The van der Waals surface area contributed by atoms with E-state index in [1.54, 1.807) is 0 Å². The molecule has 0 saturated carbocycles. The lowest BCUT2D eigenvalue weighted by molar-refractivity contribution is 0.315. The van der Waals surface area contributed by atoms with Gasteiger partial charge in [-0.1, -0.05) is 31.5 Å². The highest BCUT2D eigenvalue weighted by Crippen LogP contribution is 2.34. The Morgan fingerprint density at radius 2 is 2.05 bits per heavy atom. The molecule has 0 aliphatic carbocycles. The first-order chi connectivity index (χ1) is 9.63. The van der Waals surface area contributed by atoms with E-state index in [2.05, 4.69) is 61.0 Å². The summed E-state index contributed by atoms with van der Waals surface area (Å²) in [5, 5.41) is 0. The Bertz CT molecular complexity index is 394. The maximum Gasteiger partial charge on any atom is 0.0665 e. The second-order valence-corrected chi connectivity index (χ2v) is 6.24. The second kappa shape index (κ2) is 6.59. The van der Waals surface area contributed by atoms with Crippen molar-refractivity contribution in [2.24, 2.45) is 5.73 Å². The summed E-state index contributed by atoms with van der Waals surface area (Å²) < 4.78 is 0. The molecule has 3 heteroatoms. The Hall–Kier alpha value is -1.06. The predicted octanol–water partition coefficient (Wildman–Crippen LogP) is 2.71. The van der Waals surface area contributed by atoms with Crippen molar-refractivity contribution in [3.05, 3.63) is 30.3 Å². The fraction of sp³-hybridized carbons (Fsp3) is 0.647. The lowest BCUT2D eigenvalue weighted by atomic mass is 9.92. The third-order valence-corrected chi connectivity index (χ3v) is 4.73. The first kappa shape index (κ1) is 15.3. The van der Waals surface area contributed by atoms with Crippen molar-refractivity contribution < 1.29 is 0 Å². The molecule has 1 aromatic carbocycles. The Morgan fingerprint density at radius 1 is 1.35 bits per heavy atom. The molecule has 0 amide bonds. The summed E-state index contributed by atoms with van der Waals surface area (Å²) in [5.41, 5.74) is 7.64. The molecule has 0 bridgehead atoms. The molecule has 2 rings (SSSR count). The number of likely N-dealkylation sites (tertiary alicyclic amines) is 1. The molecule has 1 aromatic rings. The number of nitrogens with zero attached hydrogens (tertiary/aromatic N) is 2. The van der Waals surface area contributed by atoms with Crippen LogP contribution < -0.4 is 10.6 Å². The van der Waals surface area contributed by atoms with E-state index < -0.39 is 0 Å². The number of hydrogen-bond donors (Lipinski definition) is 1. The highest BCUT2D eigenvalue weighted by molar-refractivity contribution is 5.50. The molecule has 1 fully saturated rings. The number of para-hydroxylation sites is 1. The minimum absolute atomic E-state index is 0.0880. The van der Waals surface area contributed by atoms with E-state index in [9.17, 15) is 0 Å². The summed E-state index contributed by atoms with van der Waals surface area (Å²) in [4.78, 5) is 5.01. The molecular weight excluding hydrogens is 246 g/mol. The molecule has 0 spiro atoms. The topological polar surface area (TPSA) is 32.5 Å². The summed E-state index contributed by atoms with van der Waals surface area (Å²) in [6, 6.07) is 11.4. The van der Waals surface area contributed by atoms with Crippen molar-refractivity contribution in [3.8, 4) is 0 Å². The summed E-state index contributed by atoms with van der Waals surface area (Å²) in [7, 11) is 2.21. The molecule has 2 N–H and O–H groups in total. The van der Waals surface area contributed by atoms with Crippen LogP contribution in [-0.2, 0) is 0 Å². The zero-order chi connectivity index (χ0) is 14.6. The van der Waals surface area contributed by atoms with Gasteiger partial charge in [0.05, 0.1) is 5.54 Å². The van der Waals surface area contributed by atoms with Crippen molar-refractivity contribution >= 4 is 5.69 Å². The van der Waals surface area contributed by atoms with Crippen LogP contribution in [0.5, 0.6) is 0 Å². The fourth-order valence-electron chi connectivity index (χ4n) is 3.41. The smallest absolute Gasteiger partial charge is 0.0665 e. The van der Waals surface area contributed by atoms with E-state index in [-0.39, 0.29) is 5.54 Å². The van der Waals surface area contributed by atoms with Gasteiger partial charge in [-0.25, -0.2) is 0 Å². The molecule has 0 radical (unpaired) electrons.